The molecule has 3 rings (SSSR count). The van der Waals surface area contributed by atoms with Crippen LogP contribution in [0.25, 0.3) is 11.0 Å². The number of nitrogens with one attached hydrogen (secondary N) is 2. The van der Waals surface area contributed by atoms with Gasteiger partial charge in [0.25, 0.3) is 0 Å². The molecule has 27 heavy (non-hydrogen) atoms. The highest BCUT2D eigenvalue weighted by molar-refractivity contribution is 5.80. The minimum atomic E-state index is -0.312. The molecule has 1 aromatic heterocycles. The molecule has 142 valence electrons. The van der Waals surface area contributed by atoms with E-state index in [0.29, 0.717) is 24.8 Å². The van der Waals surface area contributed by atoms with Gasteiger partial charge in [-0.15, -0.1) is 0 Å². The summed E-state index contributed by atoms with van der Waals surface area (Å²) < 4.78 is 21.0. The smallest absolute Gasteiger partial charge is 0.191 e. The van der Waals surface area contributed by atoms with Gasteiger partial charge in [-0.25, -0.2) is 9.37 Å². The Hall–Kier alpha value is -3.09. The number of aryl methyl sites for hydroxylation is 1. The number of aliphatic imine (C=N–C) groups is 1. The zero-order chi connectivity index (χ0) is 19.2. The maximum absolute atomic E-state index is 13.2. The number of hydrogen-bond donors (Lipinski definition) is 2. The first-order valence-corrected chi connectivity index (χ1v) is 8.84. The van der Waals surface area contributed by atoms with Gasteiger partial charge in [0.1, 0.15) is 23.5 Å². The molecular weight excluding hydrogens is 345 g/mol. The fourth-order valence-electron chi connectivity index (χ4n) is 2.79. The Bertz CT molecular complexity index is 937. The van der Waals surface area contributed by atoms with Gasteiger partial charge in [-0.3, -0.25) is 4.99 Å². The van der Waals surface area contributed by atoms with Crippen LogP contribution in [-0.2, 0) is 13.6 Å². The van der Waals surface area contributed by atoms with E-state index in [4.69, 9.17) is 4.74 Å². The van der Waals surface area contributed by atoms with Crippen LogP contribution in [0.1, 0.15) is 12.7 Å². The number of ether oxygens (including phenoxy) is 1. The van der Waals surface area contributed by atoms with E-state index < -0.39 is 0 Å². The minimum absolute atomic E-state index is 0.152. The third-order valence-corrected chi connectivity index (χ3v) is 4.21. The van der Waals surface area contributed by atoms with Gasteiger partial charge in [0.05, 0.1) is 24.1 Å². The molecule has 0 aliphatic carbocycles. The number of hydrogen-bond acceptors (Lipinski definition) is 3. The lowest BCUT2D eigenvalue weighted by atomic mass is 10.3. The van der Waals surface area contributed by atoms with Crippen molar-refractivity contribution in [3.63, 3.8) is 0 Å². The Morgan fingerprint density at radius 1 is 1.22 bits per heavy atom. The van der Waals surface area contributed by atoms with E-state index in [1.54, 1.807) is 19.2 Å². The van der Waals surface area contributed by atoms with Gasteiger partial charge < -0.3 is 19.9 Å². The molecule has 2 aromatic carbocycles. The van der Waals surface area contributed by atoms with Crippen LogP contribution in [-0.4, -0.2) is 35.2 Å². The maximum atomic E-state index is 13.2. The van der Waals surface area contributed by atoms with Crippen molar-refractivity contribution in [2.24, 2.45) is 12.0 Å². The number of fused-ring (bicyclic) bond motifs is 1. The molecule has 0 saturated carbocycles. The van der Waals surface area contributed by atoms with E-state index in [1.807, 2.05) is 38.2 Å². The predicted octanol–water partition coefficient (Wildman–Crippen LogP) is 2.84. The van der Waals surface area contributed by atoms with Crippen LogP contribution in [0.3, 0.4) is 0 Å². The second kappa shape index (κ2) is 8.53. The number of halogens is 1. The Labute approximate surface area is 158 Å². The molecule has 7 heteroatoms. The summed E-state index contributed by atoms with van der Waals surface area (Å²) in [5, 5.41) is 6.47. The van der Waals surface area contributed by atoms with Crippen molar-refractivity contribution in [3.8, 4) is 5.75 Å². The first-order valence-electron chi connectivity index (χ1n) is 8.84. The molecular formula is C20H24FN5O. The summed E-state index contributed by atoms with van der Waals surface area (Å²) in [5.74, 6) is 1.76. The maximum Gasteiger partial charge on any atom is 0.191 e. The number of guanidine groups is 1. The van der Waals surface area contributed by atoms with E-state index in [2.05, 4.69) is 25.2 Å². The zero-order valence-electron chi connectivity index (χ0n) is 15.7. The van der Waals surface area contributed by atoms with Crippen molar-refractivity contribution < 1.29 is 9.13 Å². The van der Waals surface area contributed by atoms with Gasteiger partial charge in [-0.1, -0.05) is 18.2 Å². The summed E-state index contributed by atoms with van der Waals surface area (Å²) >= 11 is 0. The van der Waals surface area contributed by atoms with Crippen LogP contribution in [0, 0.1) is 5.82 Å². The first-order chi connectivity index (χ1) is 13.1. The molecule has 0 amide bonds. The Kier molecular flexibility index (Phi) is 5.90. The highest BCUT2D eigenvalue weighted by Crippen LogP contribution is 2.14. The standard InChI is InChI=1S/C20H24FN5O/c1-14(27-16-8-6-7-15(21)11-16)12-23-20(22-2)24-13-19-25-17-9-4-5-10-18(17)26(19)3/h4-11,14H,12-13H2,1-3H3,(H2,22,23,24). The van der Waals surface area contributed by atoms with E-state index in [0.717, 1.165) is 16.9 Å². The highest BCUT2D eigenvalue weighted by atomic mass is 19.1. The summed E-state index contributed by atoms with van der Waals surface area (Å²) in [7, 11) is 3.71. The van der Waals surface area contributed by atoms with E-state index >= 15 is 0 Å². The monoisotopic (exact) mass is 369 g/mol. The minimum Gasteiger partial charge on any atom is -0.489 e. The van der Waals surface area contributed by atoms with Crippen molar-refractivity contribution in [2.75, 3.05) is 13.6 Å². The Balaban J connectivity index is 1.52. The number of para-hydroxylation sites is 2. The molecule has 1 heterocycles. The van der Waals surface area contributed by atoms with Gasteiger partial charge in [-0.05, 0) is 31.2 Å². The Morgan fingerprint density at radius 2 is 2.04 bits per heavy atom. The average Bonchev–Trinajstić information content (AvgIpc) is 2.98. The zero-order valence-corrected chi connectivity index (χ0v) is 15.7. The van der Waals surface area contributed by atoms with Crippen molar-refractivity contribution in [3.05, 3.63) is 60.2 Å². The van der Waals surface area contributed by atoms with Crippen LogP contribution < -0.4 is 15.4 Å². The molecule has 6 nitrogen and oxygen atoms in total. The summed E-state index contributed by atoms with van der Waals surface area (Å²) in [5.41, 5.74) is 2.06. The lowest BCUT2D eigenvalue weighted by Crippen LogP contribution is -2.41. The molecule has 0 spiro atoms. The van der Waals surface area contributed by atoms with Gasteiger partial charge in [0.15, 0.2) is 5.96 Å². The molecule has 0 aliphatic rings. The van der Waals surface area contributed by atoms with Crippen molar-refractivity contribution in [2.45, 2.75) is 19.6 Å². The molecule has 1 unspecified atom stereocenters. The van der Waals surface area contributed by atoms with Gasteiger partial charge in [0.2, 0.25) is 0 Å². The third kappa shape index (κ3) is 4.75. The molecule has 0 saturated heterocycles. The normalized spacial score (nSPS) is 12.8. The number of rotatable bonds is 6. The van der Waals surface area contributed by atoms with Crippen molar-refractivity contribution >= 4 is 17.0 Å². The van der Waals surface area contributed by atoms with Crippen LogP contribution in [0.4, 0.5) is 4.39 Å². The fraction of sp³-hybridized carbons (Fsp3) is 0.300. The molecule has 3 aromatic rings. The first kappa shape index (κ1) is 18.7. The van der Waals surface area contributed by atoms with Crippen LogP contribution >= 0.6 is 0 Å². The quantitative estimate of drug-likeness (QED) is 0.518. The molecule has 0 fully saturated rings. The molecule has 0 bridgehead atoms. The summed E-state index contributed by atoms with van der Waals surface area (Å²) in [6.07, 6.45) is -0.152. The third-order valence-electron chi connectivity index (χ3n) is 4.21. The molecule has 2 N–H and O–H groups in total. The summed E-state index contributed by atoms with van der Waals surface area (Å²) in [6.45, 7) is 2.99. The summed E-state index contributed by atoms with van der Waals surface area (Å²) in [4.78, 5) is 8.86. The lowest BCUT2D eigenvalue weighted by molar-refractivity contribution is 0.223. The van der Waals surface area contributed by atoms with Gasteiger partial charge in [-0.2, -0.15) is 0 Å². The largest absolute Gasteiger partial charge is 0.489 e. The fourth-order valence-corrected chi connectivity index (χ4v) is 2.79. The molecule has 0 radical (unpaired) electrons. The number of nitrogens with zero attached hydrogens (tertiary/aromatic N) is 3. The predicted molar refractivity (Wildman–Crippen MR) is 105 cm³/mol. The van der Waals surface area contributed by atoms with E-state index in [1.165, 1.54) is 12.1 Å². The van der Waals surface area contributed by atoms with Crippen molar-refractivity contribution in [1.82, 2.24) is 20.2 Å². The SMILES string of the molecule is CN=C(NCc1nc2ccccc2n1C)NCC(C)Oc1cccc(F)c1. The van der Waals surface area contributed by atoms with Crippen LogP contribution in [0.5, 0.6) is 5.75 Å². The van der Waals surface area contributed by atoms with Crippen LogP contribution in [0.2, 0.25) is 0 Å². The van der Waals surface area contributed by atoms with Crippen LogP contribution in [0.15, 0.2) is 53.5 Å². The number of benzene rings is 2. The second-order valence-electron chi connectivity index (χ2n) is 6.27. The van der Waals surface area contributed by atoms with Crippen molar-refractivity contribution in [1.29, 1.82) is 0 Å². The molecule has 0 aliphatic heterocycles. The number of aromatic nitrogens is 2. The molecule has 1 atom stereocenters. The topological polar surface area (TPSA) is 63.5 Å². The summed E-state index contributed by atoms with van der Waals surface area (Å²) in [6, 6.07) is 14.1. The van der Waals surface area contributed by atoms with E-state index in [-0.39, 0.29) is 11.9 Å². The number of imidazole rings is 1. The highest BCUT2D eigenvalue weighted by Gasteiger charge is 2.09. The lowest BCUT2D eigenvalue weighted by Gasteiger charge is -2.17. The van der Waals surface area contributed by atoms with Gasteiger partial charge >= 0.3 is 0 Å². The van der Waals surface area contributed by atoms with E-state index in [9.17, 15) is 4.39 Å². The average molecular weight is 369 g/mol. The van der Waals surface area contributed by atoms with Gasteiger partial charge in [0, 0.05) is 20.2 Å². The Morgan fingerprint density at radius 3 is 2.78 bits per heavy atom. The second-order valence-corrected chi connectivity index (χ2v) is 6.27.